The Balaban J connectivity index is 1.52. The van der Waals surface area contributed by atoms with Crippen LogP contribution in [0.4, 0.5) is 0 Å². The molecule has 9 nitrogen and oxygen atoms in total. The molecule has 2 saturated heterocycles. The summed E-state index contributed by atoms with van der Waals surface area (Å²) in [6, 6.07) is 7.98. The van der Waals surface area contributed by atoms with E-state index >= 15 is 0 Å². The molecule has 2 aliphatic carbocycles. The number of esters is 1. The Bertz CT molecular complexity index is 1440. The van der Waals surface area contributed by atoms with E-state index in [2.05, 4.69) is 0 Å². The number of Topliss-reactive ketones (excluding diaryl/α,β-unsaturated/α-hetero) is 2. The number of aliphatic hydroxyl groups excluding tert-OH is 2. The standard InChI is InChI=1S/C30H30O9/c1-11(2)20-25-24-23(21-15(29(25)39-30(20)36)8-12(3)9-16(21)31)27(34)14-6-5-7-18(22(14)28(24)35)38-19-10-17(32)26(33)13(4)37-19/h5-9,11,13,17,19-20,25-26,29,31-33H,10H2,1-4H3. The molecular weight excluding hydrogens is 504 g/mol. The highest BCUT2D eigenvalue weighted by molar-refractivity contribution is 6.42. The van der Waals surface area contributed by atoms with Gasteiger partial charge in [-0.3, -0.25) is 14.4 Å². The number of aryl methyl sites for hydroxylation is 1. The van der Waals surface area contributed by atoms with Crippen LogP contribution in [0.1, 0.15) is 70.7 Å². The number of carbonyl (C=O) groups excluding carboxylic acids is 3. The number of ether oxygens (including phenoxy) is 3. The third kappa shape index (κ3) is 3.75. The van der Waals surface area contributed by atoms with Gasteiger partial charge in [0.1, 0.15) is 23.7 Å². The molecule has 39 heavy (non-hydrogen) atoms. The number of allylic oxidation sites excluding steroid dienone is 1. The molecule has 9 heteroatoms. The highest BCUT2D eigenvalue weighted by Gasteiger charge is 2.56. The maximum Gasteiger partial charge on any atom is 0.310 e. The van der Waals surface area contributed by atoms with Crippen LogP contribution in [-0.4, -0.2) is 57.5 Å². The summed E-state index contributed by atoms with van der Waals surface area (Å²) in [5, 5.41) is 31.3. The van der Waals surface area contributed by atoms with Gasteiger partial charge in [-0.25, -0.2) is 0 Å². The predicted molar refractivity (Wildman–Crippen MR) is 137 cm³/mol. The summed E-state index contributed by atoms with van der Waals surface area (Å²) in [5.74, 6) is -3.02. The number of benzene rings is 2. The average molecular weight is 535 g/mol. The molecule has 2 aliphatic heterocycles. The Labute approximate surface area is 225 Å². The first kappa shape index (κ1) is 25.7. The Morgan fingerprint density at radius 3 is 2.49 bits per heavy atom. The lowest BCUT2D eigenvalue weighted by Crippen LogP contribution is -2.48. The molecule has 0 spiro atoms. The van der Waals surface area contributed by atoms with E-state index < -0.39 is 60.1 Å². The molecule has 0 bridgehead atoms. The Morgan fingerprint density at radius 2 is 1.79 bits per heavy atom. The predicted octanol–water partition coefficient (Wildman–Crippen LogP) is 3.27. The van der Waals surface area contributed by atoms with E-state index in [0.29, 0.717) is 5.56 Å². The van der Waals surface area contributed by atoms with Gasteiger partial charge in [0.15, 0.2) is 11.6 Å². The topological polar surface area (TPSA) is 140 Å². The van der Waals surface area contributed by atoms with Crippen LogP contribution in [0.2, 0.25) is 0 Å². The first-order valence-electron chi connectivity index (χ1n) is 13.2. The Morgan fingerprint density at radius 1 is 1.05 bits per heavy atom. The molecule has 0 amide bonds. The molecule has 0 radical (unpaired) electrons. The number of aromatic hydroxyl groups is 1. The summed E-state index contributed by atoms with van der Waals surface area (Å²) in [7, 11) is 0. The second-order valence-electron chi connectivity index (χ2n) is 11.2. The molecule has 0 saturated carbocycles. The monoisotopic (exact) mass is 534 g/mol. The van der Waals surface area contributed by atoms with Gasteiger partial charge in [-0.15, -0.1) is 0 Å². The summed E-state index contributed by atoms with van der Waals surface area (Å²) in [5.41, 5.74) is 1.83. The maximum absolute atomic E-state index is 14.4. The number of hydrogen-bond donors (Lipinski definition) is 3. The molecule has 2 heterocycles. The number of fused-ring (bicyclic) bond motifs is 6. The van der Waals surface area contributed by atoms with E-state index in [1.165, 1.54) is 12.1 Å². The number of ketones is 2. The van der Waals surface area contributed by atoms with Gasteiger partial charge in [0, 0.05) is 40.2 Å². The van der Waals surface area contributed by atoms with E-state index in [1.54, 1.807) is 32.0 Å². The van der Waals surface area contributed by atoms with Crippen molar-refractivity contribution in [2.24, 2.45) is 17.8 Å². The summed E-state index contributed by atoms with van der Waals surface area (Å²) < 4.78 is 17.6. The Kier molecular flexibility index (Phi) is 5.94. The fourth-order valence-electron chi connectivity index (χ4n) is 6.54. The molecule has 0 aromatic heterocycles. The van der Waals surface area contributed by atoms with Crippen LogP contribution in [0.15, 0.2) is 35.9 Å². The SMILES string of the molecule is Cc1cc(O)c2c(c1)C1OC(=O)C(C(C)C)C1C1=C2C(=O)c2cccc(OC3CC(O)C(O)C(C)O3)c2C1=O. The van der Waals surface area contributed by atoms with Crippen molar-refractivity contribution in [1.29, 1.82) is 0 Å². The first-order chi connectivity index (χ1) is 18.5. The van der Waals surface area contributed by atoms with E-state index in [0.717, 1.165) is 5.56 Å². The quantitative estimate of drug-likeness (QED) is 0.506. The molecule has 6 rings (SSSR count). The molecule has 7 atom stereocenters. The minimum Gasteiger partial charge on any atom is -0.507 e. The summed E-state index contributed by atoms with van der Waals surface area (Å²) in [6.07, 6.45) is -4.69. The second kappa shape index (κ2) is 9.01. The lowest BCUT2D eigenvalue weighted by Gasteiger charge is -2.37. The van der Waals surface area contributed by atoms with Crippen LogP contribution >= 0.6 is 0 Å². The van der Waals surface area contributed by atoms with E-state index in [9.17, 15) is 29.7 Å². The zero-order chi connectivity index (χ0) is 27.9. The third-order valence-electron chi connectivity index (χ3n) is 8.30. The molecule has 2 aromatic rings. The number of rotatable bonds is 3. The number of phenolic OH excluding ortho intramolecular Hbond substituents is 1. The van der Waals surface area contributed by atoms with Crippen LogP contribution < -0.4 is 4.74 Å². The lowest BCUT2D eigenvalue weighted by atomic mass is 9.64. The van der Waals surface area contributed by atoms with Crippen molar-refractivity contribution in [2.75, 3.05) is 0 Å². The van der Waals surface area contributed by atoms with Gasteiger partial charge >= 0.3 is 5.97 Å². The summed E-state index contributed by atoms with van der Waals surface area (Å²) in [4.78, 5) is 41.6. The van der Waals surface area contributed by atoms with E-state index in [4.69, 9.17) is 14.2 Å². The molecule has 204 valence electrons. The van der Waals surface area contributed by atoms with Crippen molar-refractivity contribution in [3.8, 4) is 11.5 Å². The van der Waals surface area contributed by atoms with Crippen LogP contribution in [0.25, 0.3) is 5.57 Å². The summed E-state index contributed by atoms with van der Waals surface area (Å²) >= 11 is 0. The average Bonchev–Trinajstić information content (AvgIpc) is 3.22. The number of hydrogen-bond acceptors (Lipinski definition) is 9. The first-order valence-corrected chi connectivity index (χ1v) is 13.2. The fraction of sp³-hybridized carbons (Fsp3) is 0.433. The number of aliphatic hydroxyl groups is 2. The van der Waals surface area contributed by atoms with Crippen LogP contribution in [0.3, 0.4) is 0 Å². The largest absolute Gasteiger partial charge is 0.507 e. The third-order valence-corrected chi connectivity index (χ3v) is 8.30. The van der Waals surface area contributed by atoms with Gasteiger partial charge in [0.05, 0.1) is 23.7 Å². The number of carbonyl (C=O) groups is 3. The van der Waals surface area contributed by atoms with Gasteiger partial charge in [0.25, 0.3) is 0 Å². The van der Waals surface area contributed by atoms with Gasteiger partial charge in [-0.1, -0.05) is 32.0 Å². The normalized spacial score (nSPS) is 31.5. The van der Waals surface area contributed by atoms with Gasteiger partial charge < -0.3 is 29.5 Å². The molecule has 3 N–H and O–H groups in total. The molecular formula is C30H30O9. The smallest absolute Gasteiger partial charge is 0.310 e. The van der Waals surface area contributed by atoms with Crippen molar-refractivity contribution >= 4 is 23.1 Å². The van der Waals surface area contributed by atoms with E-state index in [1.807, 2.05) is 13.8 Å². The number of phenols is 1. The van der Waals surface area contributed by atoms with Crippen molar-refractivity contribution < 1.29 is 43.9 Å². The molecule has 2 fully saturated rings. The van der Waals surface area contributed by atoms with Crippen molar-refractivity contribution in [2.45, 2.75) is 64.8 Å². The van der Waals surface area contributed by atoms with Crippen LogP contribution in [0.5, 0.6) is 11.5 Å². The zero-order valence-corrected chi connectivity index (χ0v) is 22.0. The molecule has 7 unspecified atom stereocenters. The van der Waals surface area contributed by atoms with Gasteiger partial charge in [0.2, 0.25) is 6.29 Å². The minimum atomic E-state index is -1.08. The van der Waals surface area contributed by atoms with Gasteiger partial charge in [-0.2, -0.15) is 0 Å². The van der Waals surface area contributed by atoms with E-state index in [-0.39, 0.29) is 51.7 Å². The highest BCUT2D eigenvalue weighted by atomic mass is 16.7. The molecule has 2 aromatic carbocycles. The highest BCUT2D eigenvalue weighted by Crippen LogP contribution is 2.57. The van der Waals surface area contributed by atoms with Crippen molar-refractivity contribution in [3.05, 3.63) is 63.7 Å². The van der Waals surface area contributed by atoms with Gasteiger partial charge in [-0.05, 0) is 37.5 Å². The van der Waals surface area contributed by atoms with Crippen LogP contribution in [0, 0.1) is 24.7 Å². The zero-order valence-electron chi connectivity index (χ0n) is 22.0. The fourth-order valence-corrected chi connectivity index (χ4v) is 6.54. The molecule has 4 aliphatic rings. The second-order valence-corrected chi connectivity index (χ2v) is 11.2. The van der Waals surface area contributed by atoms with Crippen LogP contribution in [-0.2, 0) is 14.3 Å². The lowest BCUT2D eigenvalue weighted by molar-refractivity contribution is -0.216. The minimum absolute atomic E-state index is 0.0334. The van der Waals surface area contributed by atoms with Crippen molar-refractivity contribution in [1.82, 2.24) is 0 Å². The maximum atomic E-state index is 14.4. The summed E-state index contributed by atoms with van der Waals surface area (Å²) in [6.45, 7) is 7.15. The van der Waals surface area contributed by atoms with Crippen molar-refractivity contribution in [3.63, 3.8) is 0 Å². The Hall–Kier alpha value is -3.53.